The lowest BCUT2D eigenvalue weighted by atomic mass is 10.1. The highest BCUT2D eigenvalue weighted by atomic mass is 32.1. The minimum atomic E-state index is -0.428. The molecule has 126 valence electrons. The average Bonchev–Trinajstić information content (AvgIpc) is 2.96. The first-order chi connectivity index (χ1) is 11.5. The number of anilines is 1. The second kappa shape index (κ2) is 8.16. The molecule has 2 rings (SSSR count). The molecule has 0 fully saturated rings. The molecule has 0 unspecified atom stereocenters. The Bertz CT molecular complexity index is 773. The third-order valence-corrected chi connectivity index (χ3v) is 3.78. The van der Waals surface area contributed by atoms with Crippen LogP contribution < -0.4 is 5.43 Å². The molecule has 0 saturated carbocycles. The molecular weight excluding hydrogens is 332 g/mol. The fourth-order valence-electron chi connectivity index (χ4n) is 1.86. The number of aromatic nitrogens is 1. The number of nitro benzene ring substituents is 1. The monoisotopic (exact) mass is 348 g/mol. The lowest BCUT2D eigenvalue weighted by Crippen LogP contribution is -2.07. The molecule has 0 atom stereocenters. The van der Waals surface area contributed by atoms with Crippen molar-refractivity contribution in [2.24, 2.45) is 5.10 Å². The van der Waals surface area contributed by atoms with E-state index in [9.17, 15) is 14.9 Å². The Morgan fingerprint density at radius 3 is 3.04 bits per heavy atom. The number of carbonyl (C=O) groups is 1. The maximum absolute atomic E-state index is 11.4. The summed E-state index contributed by atoms with van der Waals surface area (Å²) in [5.74, 6) is -0.329. The molecule has 1 heterocycles. The number of thiazole rings is 1. The first kappa shape index (κ1) is 17.5. The van der Waals surface area contributed by atoms with Gasteiger partial charge in [0.15, 0.2) is 0 Å². The van der Waals surface area contributed by atoms with Gasteiger partial charge in [-0.2, -0.15) is 5.10 Å². The number of hydrogen-bond donors (Lipinski definition) is 1. The number of nitrogens with zero attached hydrogens (tertiary/aromatic N) is 3. The zero-order chi connectivity index (χ0) is 17.5. The van der Waals surface area contributed by atoms with Gasteiger partial charge in [0.05, 0.1) is 29.9 Å². The Balaban J connectivity index is 1.97. The molecule has 0 aliphatic heterocycles. The minimum absolute atomic E-state index is 0.0462. The molecule has 9 heteroatoms. The van der Waals surface area contributed by atoms with Crippen molar-refractivity contribution in [1.29, 1.82) is 0 Å². The number of benzene rings is 1. The lowest BCUT2D eigenvalue weighted by Gasteiger charge is -1.99. The molecule has 24 heavy (non-hydrogen) atoms. The maximum atomic E-state index is 11.4. The van der Waals surface area contributed by atoms with Crippen LogP contribution in [0.4, 0.5) is 10.8 Å². The highest BCUT2D eigenvalue weighted by molar-refractivity contribution is 7.13. The van der Waals surface area contributed by atoms with Gasteiger partial charge in [-0.15, -0.1) is 11.3 Å². The van der Waals surface area contributed by atoms with Gasteiger partial charge < -0.3 is 4.74 Å². The van der Waals surface area contributed by atoms with Gasteiger partial charge in [-0.05, 0) is 13.8 Å². The van der Waals surface area contributed by atoms with Gasteiger partial charge in [-0.1, -0.05) is 12.1 Å². The summed E-state index contributed by atoms with van der Waals surface area (Å²) in [4.78, 5) is 26.1. The quantitative estimate of drug-likeness (QED) is 0.357. The SMILES string of the molecule is CCOC(=O)Cc1csc(NN=Cc2ccc(C)c([N+](=O)[O-])c2)n1. The summed E-state index contributed by atoms with van der Waals surface area (Å²) in [6.07, 6.45) is 1.58. The molecule has 0 spiro atoms. The van der Waals surface area contributed by atoms with Gasteiger partial charge >= 0.3 is 5.97 Å². The fourth-order valence-corrected chi connectivity index (χ4v) is 2.52. The topological polar surface area (TPSA) is 107 Å². The van der Waals surface area contributed by atoms with Gasteiger partial charge in [0.2, 0.25) is 5.13 Å². The van der Waals surface area contributed by atoms with Crippen LogP contribution in [0, 0.1) is 17.0 Å². The third-order valence-electron chi connectivity index (χ3n) is 2.99. The predicted octanol–water partition coefficient (Wildman–Crippen LogP) is 2.91. The number of aryl methyl sites for hydroxylation is 1. The smallest absolute Gasteiger partial charge is 0.311 e. The van der Waals surface area contributed by atoms with Crippen LogP contribution in [0.5, 0.6) is 0 Å². The normalized spacial score (nSPS) is 10.8. The van der Waals surface area contributed by atoms with Crippen molar-refractivity contribution in [2.75, 3.05) is 12.0 Å². The van der Waals surface area contributed by atoms with E-state index in [-0.39, 0.29) is 18.1 Å². The molecule has 8 nitrogen and oxygen atoms in total. The van der Waals surface area contributed by atoms with E-state index in [1.165, 1.54) is 23.6 Å². The zero-order valence-corrected chi connectivity index (χ0v) is 14.0. The van der Waals surface area contributed by atoms with E-state index in [0.717, 1.165) is 0 Å². The van der Waals surface area contributed by atoms with Gasteiger partial charge in [0.1, 0.15) is 0 Å². The Morgan fingerprint density at radius 2 is 2.33 bits per heavy atom. The van der Waals surface area contributed by atoms with Crippen molar-refractivity contribution in [3.8, 4) is 0 Å². The lowest BCUT2D eigenvalue weighted by molar-refractivity contribution is -0.385. The number of nitrogens with one attached hydrogen (secondary N) is 1. The Labute approximate surface area is 142 Å². The van der Waals surface area contributed by atoms with Gasteiger partial charge in [0, 0.05) is 22.6 Å². The Morgan fingerprint density at radius 1 is 1.54 bits per heavy atom. The maximum Gasteiger partial charge on any atom is 0.311 e. The van der Waals surface area contributed by atoms with Crippen LogP contribution in [0.2, 0.25) is 0 Å². The van der Waals surface area contributed by atoms with Crippen molar-refractivity contribution >= 4 is 34.3 Å². The van der Waals surface area contributed by atoms with E-state index >= 15 is 0 Å². The molecule has 1 N–H and O–H groups in total. The molecular formula is C15H16N4O4S. The molecule has 1 aromatic carbocycles. The van der Waals surface area contributed by atoms with Crippen LogP contribution in [-0.2, 0) is 16.0 Å². The Kier molecular flexibility index (Phi) is 5.96. The number of nitro groups is 1. The van der Waals surface area contributed by atoms with Crippen LogP contribution in [-0.4, -0.2) is 28.7 Å². The van der Waals surface area contributed by atoms with Crippen molar-refractivity contribution in [2.45, 2.75) is 20.3 Å². The number of hydrazone groups is 1. The second-order valence-corrected chi connectivity index (χ2v) is 5.66. The molecule has 0 amide bonds. The second-order valence-electron chi connectivity index (χ2n) is 4.80. The van der Waals surface area contributed by atoms with Crippen molar-refractivity contribution in [3.05, 3.63) is 50.5 Å². The van der Waals surface area contributed by atoms with Crippen LogP contribution in [0.25, 0.3) is 0 Å². The number of rotatable bonds is 7. The molecule has 0 radical (unpaired) electrons. The molecule has 0 bridgehead atoms. The summed E-state index contributed by atoms with van der Waals surface area (Å²) in [6, 6.07) is 4.86. The number of ether oxygens (including phenoxy) is 1. The first-order valence-corrected chi connectivity index (χ1v) is 8.01. The van der Waals surface area contributed by atoms with Gasteiger partial charge in [-0.3, -0.25) is 20.3 Å². The summed E-state index contributed by atoms with van der Waals surface area (Å²) in [5.41, 5.74) is 4.57. The largest absolute Gasteiger partial charge is 0.466 e. The summed E-state index contributed by atoms with van der Waals surface area (Å²) >= 11 is 1.30. The summed E-state index contributed by atoms with van der Waals surface area (Å²) in [7, 11) is 0. The van der Waals surface area contributed by atoms with Gasteiger partial charge in [0.25, 0.3) is 5.69 Å². The molecule has 1 aromatic heterocycles. The standard InChI is InChI=1S/C15H16N4O4S/c1-3-23-14(20)7-12-9-24-15(17-12)18-16-8-11-5-4-10(2)13(6-11)19(21)22/h4-6,8-9H,3,7H2,1-2H3,(H,17,18). The highest BCUT2D eigenvalue weighted by Gasteiger charge is 2.10. The third kappa shape index (κ3) is 4.85. The predicted molar refractivity (Wildman–Crippen MR) is 91.5 cm³/mol. The average molecular weight is 348 g/mol. The minimum Gasteiger partial charge on any atom is -0.466 e. The van der Waals surface area contributed by atoms with Crippen LogP contribution in [0.3, 0.4) is 0 Å². The van der Waals surface area contributed by atoms with Crippen LogP contribution in [0.15, 0.2) is 28.7 Å². The summed E-state index contributed by atoms with van der Waals surface area (Å²) in [6.45, 7) is 3.76. The van der Waals surface area contributed by atoms with Crippen molar-refractivity contribution in [3.63, 3.8) is 0 Å². The molecule has 2 aromatic rings. The van der Waals surface area contributed by atoms with E-state index < -0.39 is 4.92 Å². The first-order valence-electron chi connectivity index (χ1n) is 7.13. The Hall–Kier alpha value is -2.81. The van der Waals surface area contributed by atoms with E-state index in [4.69, 9.17) is 4.74 Å². The van der Waals surface area contributed by atoms with Gasteiger partial charge in [-0.25, -0.2) is 4.98 Å². The van der Waals surface area contributed by atoms with Crippen molar-refractivity contribution in [1.82, 2.24) is 4.98 Å². The van der Waals surface area contributed by atoms with Crippen LogP contribution >= 0.6 is 11.3 Å². The van der Waals surface area contributed by atoms with E-state index in [2.05, 4.69) is 15.5 Å². The summed E-state index contributed by atoms with van der Waals surface area (Å²) in [5, 5.41) is 17.2. The molecule has 0 aliphatic rings. The number of esters is 1. The van der Waals surface area contributed by atoms with Crippen molar-refractivity contribution < 1.29 is 14.5 Å². The fraction of sp³-hybridized carbons (Fsp3) is 0.267. The number of carbonyl (C=O) groups excluding carboxylic acids is 1. The van der Waals surface area contributed by atoms with E-state index in [1.807, 2.05) is 0 Å². The summed E-state index contributed by atoms with van der Waals surface area (Å²) < 4.78 is 4.85. The highest BCUT2D eigenvalue weighted by Crippen LogP contribution is 2.19. The van der Waals surface area contributed by atoms with E-state index in [0.29, 0.717) is 28.6 Å². The number of hydrogen-bond acceptors (Lipinski definition) is 8. The zero-order valence-electron chi connectivity index (χ0n) is 13.2. The van der Waals surface area contributed by atoms with Crippen LogP contribution in [0.1, 0.15) is 23.7 Å². The molecule has 0 saturated heterocycles. The molecule has 0 aliphatic carbocycles. The van der Waals surface area contributed by atoms with E-state index in [1.54, 1.807) is 31.4 Å².